The number of benzene rings is 2. The molecular weight excluding hydrogens is 472 g/mol. The predicted molar refractivity (Wildman–Crippen MR) is 105 cm³/mol. The van der Waals surface area contributed by atoms with Crippen LogP contribution in [-0.2, 0) is 16.0 Å². The van der Waals surface area contributed by atoms with Gasteiger partial charge in [0.15, 0.2) is 0 Å². The molecule has 142 valence electrons. The van der Waals surface area contributed by atoms with E-state index < -0.39 is 23.9 Å². The quantitative estimate of drug-likeness (QED) is 0.457. The van der Waals surface area contributed by atoms with E-state index in [1.807, 2.05) is 18.2 Å². The summed E-state index contributed by atoms with van der Waals surface area (Å²) >= 11 is 2.13. The number of nitrogens with one attached hydrogen (secondary N) is 2. The predicted octanol–water partition coefficient (Wildman–Crippen LogP) is 4.08. The number of ketones is 1. The summed E-state index contributed by atoms with van der Waals surface area (Å²) < 4.78 is 37.9. The van der Waals surface area contributed by atoms with E-state index in [9.17, 15) is 22.8 Å². The van der Waals surface area contributed by atoms with Crippen LogP contribution in [0.2, 0.25) is 0 Å². The van der Waals surface area contributed by atoms with Gasteiger partial charge in [0.2, 0.25) is 5.91 Å². The van der Waals surface area contributed by atoms with E-state index in [0.717, 1.165) is 15.3 Å². The highest BCUT2D eigenvalue weighted by molar-refractivity contribution is 14.1. The highest BCUT2D eigenvalue weighted by atomic mass is 127. The summed E-state index contributed by atoms with van der Waals surface area (Å²) in [6.45, 7) is 0. The first kappa shape index (κ1) is 20.9. The number of carbonyl (C=O) groups excluding carboxylic acids is 2. The van der Waals surface area contributed by atoms with Crippen molar-refractivity contribution in [2.45, 2.75) is 18.6 Å². The molecule has 0 heterocycles. The first-order valence-electron chi connectivity index (χ1n) is 7.90. The van der Waals surface area contributed by atoms with Crippen LogP contribution in [0.25, 0.3) is 0 Å². The first-order chi connectivity index (χ1) is 12.8. The van der Waals surface area contributed by atoms with Crippen molar-refractivity contribution in [2.24, 2.45) is 0 Å². The maximum atomic E-state index is 12.6. The van der Waals surface area contributed by atoms with Crippen molar-refractivity contribution >= 4 is 40.0 Å². The van der Waals surface area contributed by atoms with E-state index in [1.165, 1.54) is 0 Å². The summed E-state index contributed by atoms with van der Waals surface area (Å²) in [5, 5.41) is 5.30. The van der Waals surface area contributed by atoms with Gasteiger partial charge in [0.25, 0.3) is 5.78 Å². The van der Waals surface area contributed by atoms with Gasteiger partial charge < -0.3 is 10.6 Å². The van der Waals surface area contributed by atoms with Crippen molar-refractivity contribution in [1.29, 1.82) is 0 Å². The number of hydrogen-bond donors (Lipinski definition) is 2. The van der Waals surface area contributed by atoms with Crippen LogP contribution in [0.1, 0.15) is 5.56 Å². The molecular formula is C19H16F3IN2O2. The Hall–Kier alpha value is -2.36. The third-order valence-corrected chi connectivity index (χ3v) is 4.24. The van der Waals surface area contributed by atoms with Crippen LogP contribution < -0.4 is 10.6 Å². The normalized spacial score (nSPS) is 12.6. The van der Waals surface area contributed by atoms with Gasteiger partial charge in [-0.1, -0.05) is 30.3 Å². The van der Waals surface area contributed by atoms with E-state index in [4.69, 9.17) is 0 Å². The van der Waals surface area contributed by atoms with Crippen molar-refractivity contribution in [3.63, 3.8) is 0 Å². The minimum absolute atomic E-state index is 0.238. The molecule has 0 fully saturated rings. The minimum atomic E-state index is -4.95. The van der Waals surface area contributed by atoms with Crippen molar-refractivity contribution in [3.8, 4) is 0 Å². The zero-order valence-electron chi connectivity index (χ0n) is 14.0. The number of amides is 1. The SMILES string of the molecule is O=C(Nc1ccc(I)cc1)[C@@H](Cc1ccccc1)N/C=C/C(=O)C(F)(F)F. The van der Waals surface area contributed by atoms with Gasteiger partial charge in [0.05, 0.1) is 0 Å². The molecule has 0 radical (unpaired) electrons. The third kappa shape index (κ3) is 7.05. The Balaban J connectivity index is 2.10. The van der Waals surface area contributed by atoms with Crippen molar-refractivity contribution in [1.82, 2.24) is 5.32 Å². The lowest BCUT2D eigenvalue weighted by molar-refractivity contribution is -0.165. The summed E-state index contributed by atoms with van der Waals surface area (Å²) in [6, 6.07) is 15.2. The van der Waals surface area contributed by atoms with Gasteiger partial charge in [-0.2, -0.15) is 13.2 Å². The second kappa shape index (κ2) is 9.54. The Morgan fingerprint density at radius 1 is 1.04 bits per heavy atom. The zero-order chi connectivity index (χ0) is 19.9. The lowest BCUT2D eigenvalue weighted by atomic mass is 10.1. The van der Waals surface area contributed by atoms with Gasteiger partial charge >= 0.3 is 6.18 Å². The molecule has 1 amide bonds. The Morgan fingerprint density at radius 3 is 2.26 bits per heavy atom. The average Bonchev–Trinajstić information content (AvgIpc) is 2.62. The van der Waals surface area contributed by atoms with Gasteiger partial charge in [-0.05, 0) is 52.4 Å². The molecule has 0 saturated carbocycles. The first-order valence-corrected chi connectivity index (χ1v) is 8.97. The van der Waals surface area contributed by atoms with Crippen molar-refractivity contribution in [2.75, 3.05) is 5.32 Å². The van der Waals surface area contributed by atoms with Gasteiger partial charge in [0.1, 0.15) is 6.04 Å². The van der Waals surface area contributed by atoms with Gasteiger partial charge in [-0.3, -0.25) is 9.59 Å². The van der Waals surface area contributed by atoms with E-state index in [2.05, 4.69) is 33.2 Å². The van der Waals surface area contributed by atoms with Crippen LogP contribution in [0.5, 0.6) is 0 Å². The summed E-state index contributed by atoms with van der Waals surface area (Å²) in [5.41, 5.74) is 1.39. The number of halogens is 4. The smallest absolute Gasteiger partial charge is 0.379 e. The maximum absolute atomic E-state index is 12.6. The van der Waals surface area contributed by atoms with Gasteiger partial charge in [-0.25, -0.2) is 0 Å². The number of alkyl halides is 3. The summed E-state index contributed by atoms with van der Waals surface area (Å²) in [4.78, 5) is 23.5. The fourth-order valence-electron chi connectivity index (χ4n) is 2.17. The molecule has 0 aromatic heterocycles. The van der Waals surface area contributed by atoms with Crippen LogP contribution in [0.3, 0.4) is 0 Å². The summed E-state index contributed by atoms with van der Waals surface area (Å²) in [5.74, 6) is -2.42. The Labute approximate surface area is 168 Å². The number of anilines is 1. The fourth-order valence-corrected chi connectivity index (χ4v) is 2.53. The molecule has 1 atom stereocenters. The van der Waals surface area contributed by atoms with E-state index in [1.54, 1.807) is 36.4 Å². The Morgan fingerprint density at radius 2 is 1.67 bits per heavy atom. The molecule has 0 aliphatic carbocycles. The zero-order valence-corrected chi connectivity index (χ0v) is 16.1. The lowest BCUT2D eigenvalue weighted by Crippen LogP contribution is -2.39. The molecule has 0 spiro atoms. The molecule has 4 nitrogen and oxygen atoms in total. The van der Waals surface area contributed by atoms with Crippen LogP contribution in [0.4, 0.5) is 18.9 Å². The molecule has 2 N–H and O–H groups in total. The van der Waals surface area contributed by atoms with Crippen molar-refractivity contribution in [3.05, 3.63) is 76.0 Å². The van der Waals surface area contributed by atoms with E-state index >= 15 is 0 Å². The van der Waals surface area contributed by atoms with E-state index in [0.29, 0.717) is 11.8 Å². The van der Waals surface area contributed by atoms with Crippen molar-refractivity contribution < 1.29 is 22.8 Å². The largest absolute Gasteiger partial charge is 0.454 e. The number of hydrogen-bond acceptors (Lipinski definition) is 3. The molecule has 0 saturated heterocycles. The topological polar surface area (TPSA) is 58.2 Å². The molecule has 2 rings (SSSR count). The fraction of sp³-hybridized carbons (Fsp3) is 0.158. The van der Waals surface area contributed by atoms with E-state index in [-0.39, 0.29) is 6.42 Å². The van der Waals surface area contributed by atoms with Gasteiger partial charge in [-0.15, -0.1) is 0 Å². The molecule has 2 aromatic rings. The van der Waals surface area contributed by atoms with Crippen LogP contribution >= 0.6 is 22.6 Å². The highest BCUT2D eigenvalue weighted by Gasteiger charge is 2.36. The Bertz CT molecular complexity index is 806. The van der Waals surface area contributed by atoms with Gasteiger partial charge in [0, 0.05) is 28.0 Å². The molecule has 0 aliphatic heterocycles. The second-order valence-corrected chi connectivity index (χ2v) is 6.85. The standard InChI is InChI=1S/C19H16F3IN2O2/c20-19(21,22)17(26)10-11-24-16(12-13-4-2-1-3-5-13)18(27)25-15-8-6-14(23)7-9-15/h1-11,16,24H,12H2,(H,25,27)/b11-10+/t16-/m1/s1. The third-order valence-electron chi connectivity index (χ3n) is 3.52. The molecule has 0 unspecified atom stereocenters. The number of rotatable bonds is 7. The molecule has 27 heavy (non-hydrogen) atoms. The monoisotopic (exact) mass is 488 g/mol. The Kier molecular flexibility index (Phi) is 7.40. The lowest BCUT2D eigenvalue weighted by Gasteiger charge is -2.17. The summed E-state index contributed by atoms with van der Waals surface area (Å²) in [7, 11) is 0. The number of carbonyl (C=O) groups is 2. The highest BCUT2D eigenvalue weighted by Crippen LogP contribution is 2.16. The molecule has 0 bridgehead atoms. The summed E-state index contributed by atoms with van der Waals surface area (Å²) in [6.07, 6.45) is -3.48. The van der Waals surface area contributed by atoms with Crippen LogP contribution in [-0.4, -0.2) is 23.9 Å². The second-order valence-electron chi connectivity index (χ2n) is 5.60. The maximum Gasteiger partial charge on any atom is 0.454 e. The average molecular weight is 488 g/mol. The molecule has 2 aromatic carbocycles. The molecule has 0 aliphatic rings. The molecule has 8 heteroatoms. The minimum Gasteiger partial charge on any atom is -0.379 e. The number of allylic oxidation sites excluding steroid dienone is 1. The van der Waals surface area contributed by atoms with Crippen LogP contribution in [0, 0.1) is 3.57 Å². The van der Waals surface area contributed by atoms with Crippen LogP contribution in [0.15, 0.2) is 66.9 Å².